The van der Waals surface area contributed by atoms with E-state index >= 15 is 0 Å². The lowest BCUT2D eigenvalue weighted by molar-refractivity contribution is -0.138. The standard InChI is InChI=1S/C12H14F3NS/c1-8-6-7-16-11(17-8)9-4-2-3-5-10(9)12(13,14)15/h2-5,8,11,16H,6-7H2,1H3. The van der Waals surface area contributed by atoms with Crippen LogP contribution in [0.25, 0.3) is 0 Å². The van der Waals surface area contributed by atoms with Gasteiger partial charge in [-0.3, -0.25) is 0 Å². The van der Waals surface area contributed by atoms with E-state index in [1.165, 1.54) is 6.07 Å². The van der Waals surface area contributed by atoms with Gasteiger partial charge in [0, 0.05) is 5.25 Å². The third-order valence-corrected chi connectivity index (χ3v) is 4.19. The Labute approximate surface area is 103 Å². The van der Waals surface area contributed by atoms with Gasteiger partial charge in [0.1, 0.15) is 0 Å². The summed E-state index contributed by atoms with van der Waals surface area (Å²) in [4.78, 5) is 0. The molecule has 0 radical (unpaired) electrons. The van der Waals surface area contributed by atoms with Crippen LogP contribution >= 0.6 is 11.8 Å². The van der Waals surface area contributed by atoms with Crippen molar-refractivity contribution in [1.82, 2.24) is 5.32 Å². The normalized spacial score (nSPS) is 25.9. The van der Waals surface area contributed by atoms with Crippen molar-refractivity contribution in [2.45, 2.75) is 30.1 Å². The van der Waals surface area contributed by atoms with Gasteiger partial charge in [-0.05, 0) is 24.6 Å². The quantitative estimate of drug-likeness (QED) is 0.824. The Bertz CT molecular complexity index is 392. The molecule has 5 heteroatoms. The van der Waals surface area contributed by atoms with Crippen LogP contribution in [-0.2, 0) is 6.18 Å². The van der Waals surface area contributed by atoms with Crippen LogP contribution < -0.4 is 5.32 Å². The van der Waals surface area contributed by atoms with E-state index in [2.05, 4.69) is 12.2 Å². The van der Waals surface area contributed by atoms with Gasteiger partial charge in [-0.2, -0.15) is 13.2 Å². The van der Waals surface area contributed by atoms with Crippen molar-refractivity contribution in [3.05, 3.63) is 35.4 Å². The average Bonchev–Trinajstić information content (AvgIpc) is 2.28. The highest BCUT2D eigenvalue weighted by molar-refractivity contribution is 8.00. The number of alkyl halides is 3. The molecule has 1 aromatic carbocycles. The Kier molecular flexibility index (Phi) is 3.68. The molecular formula is C12H14F3NS. The lowest BCUT2D eigenvalue weighted by Gasteiger charge is -2.29. The van der Waals surface area contributed by atoms with E-state index in [9.17, 15) is 13.2 Å². The minimum atomic E-state index is -4.28. The first kappa shape index (κ1) is 12.8. The summed E-state index contributed by atoms with van der Waals surface area (Å²) >= 11 is 1.56. The zero-order valence-electron chi connectivity index (χ0n) is 9.42. The smallest absolute Gasteiger partial charge is 0.302 e. The number of thioether (sulfide) groups is 1. The molecule has 2 unspecified atom stereocenters. The summed E-state index contributed by atoms with van der Waals surface area (Å²) in [5.41, 5.74) is -0.185. The van der Waals surface area contributed by atoms with Gasteiger partial charge in [0.25, 0.3) is 0 Å². The Morgan fingerprint density at radius 3 is 2.65 bits per heavy atom. The van der Waals surface area contributed by atoms with Crippen LogP contribution in [0.2, 0.25) is 0 Å². The van der Waals surface area contributed by atoms with E-state index in [0.29, 0.717) is 10.8 Å². The van der Waals surface area contributed by atoms with Crippen LogP contribution in [0.15, 0.2) is 24.3 Å². The highest BCUT2D eigenvalue weighted by Gasteiger charge is 2.35. The van der Waals surface area contributed by atoms with Crippen LogP contribution in [0.1, 0.15) is 29.8 Å². The molecule has 1 nitrogen and oxygen atoms in total. The molecule has 1 heterocycles. The number of halogens is 3. The predicted octanol–water partition coefficient (Wildman–Crippen LogP) is 3.82. The van der Waals surface area contributed by atoms with Crippen molar-refractivity contribution in [1.29, 1.82) is 0 Å². The molecule has 1 aliphatic rings. The zero-order chi connectivity index (χ0) is 12.5. The monoisotopic (exact) mass is 261 g/mol. The van der Waals surface area contributed by atoms with Crippen LogP contribution in [0, 0.1) is 0 Å². The summed E-state index contributed by atoms with van der Waals surface area (Å²) in [5, 5.41) is 3.28. The first-order valence-electron chi connectivity index (χ1n) is 5.53. The second kappa shape index (κ2) is 4.90. The average molecular weight is 261 g/mol. The molecule has 2 rings (SSSR count). The Balaban J connectivity index is 2.31. The molecule has 1 fully saturated rings. The maximum Gasteiger partial charge on any atom is 0.416 e. The van der Waals surface area contributed by atoms with Crippen molar-refractivity contribution >= 4 is 11.8 Å². The Morgan fingerprint density at radius 1 is 1.29 bits per heavy atom. The summed E-state index contributed by atoms with van der Waals surface area (Å²) in [7, 11) is 0. The minimum absolute atomic E-state index is 0.253. The fraction of sp³-hybridized carbons (Fsp3) is 0.500. The van der Waals surface area contributed by atoms with E-state index in [1.807, 2.05) is 0 Å². The molecule has 1 saturated heterocycles. The van der Waals surface area contributed by atoms with E-state index in [0.717, 1.165) is 19.0 Å². The molecule has 1 aliphatic heterocycles. The number of nitrogens with one attached hydrogen (secondary N) is 1. The number of benzene rings is 1. The van der Waals surface area contributed by atoms with Crippen molar-refractivity contribution in [2.75, 3.05) is 6.54 Å². The van der Waals surface area contributed by atoms with Gasteiger partial charge in [0.2, 0.25) is 0 Å². The number of hydrogen-bond acceptors (Lipinski definition) is 2. The van der Waals surface area contributed by atoms with Crippen LogP contribution in [0.3, 0.4) is 0 Å². The minimum Gasteiger partial charge on any atom is -0.302 e. The van der Waals surface area contributed by atoms with Gasteiger partial charge in [0.15, 0.2) is 0 Å². The third kappa shape index (κ3) is 2.96. The highest BCUT2D eigenvalue weighted by Crippen LogP contribution is 2.40. The molecule has 1 aromatic rings. The summed E-state index contributed by atoms with van der Waals surface area (Å²) in [6.45, 7) is 2.82. The van der Waals surface area contributed by atoms with Gasteiger partial charge in [-0.25, -0.2) is 0 Å². The van der Waals surface area contributed by atoms with E-state index in [-0.39, 0.29) is 5.37 Å². The lowest BCUT2D eigenvalue weighted by Crippen LogP contribution is -2.30. The van der Waals surface area contributed by atoms with E-state index < -0.39 is 11.7 Å². The first-order chi connectivity index (χ1) is 7.98. The predicted molar refractivity (Wildman–Crippen MR) is 63.9 cm³/mol. The van der Waals surface area contributed by atoms with Gasteiger partial charge in [-0.1, -0.05) is 25.1 Å². The topological polar surface area (TPSA) is 12.0 Å². The highest BCUT2D eigenvalue weighted by atomic mass is 32.2. The van der Waals surface area contributed by atoms with Crippen LogP contribution in [0.4, 0.5) is 13.2 Å². The molecular weight excluding hydrogens is 247 g/mol. The van der Waals surface area contributed by atoms with E-state index in [4.69, 9.17) is 0 Å². The van der Waals surface area contributed by atoms with Gasteiger partial charge >= 0.3 is 6.18 Å². The fourth-order valence-corrected chi connectivity index (χ4v) is 3.22. The van der Waals surface area contributed by atoms with Crippen LogP contribution in [-0.4, -0.2) is 11.8 Å². The molecule has 2 atom stereocenters. The van der Waals surface area contributed by atoms with Crippen molar-refractivity contribution in [3.63, 3.8) is 0 Å². The maximum atomic E-state index is 12.9. The molecule has 0 spiro atoms. The second-order valence-electron chi connectivity index (χ2n) is 4.15. The third-order valence-electron chi connectivity index (χ3n) is 2.80. The largest absolute Gasteiger partial charge is 0.416 e. The number of rotatable bonds is 1. The molecule has 0 aromatic heterocycles. The molecule has 17 heavy (non-hydrogen) atoms. The van der Waals surface area contributed by atoms with Crippen LogP contribution in [0.5, 0.6) is 0 Å². The fourth-order valence-electron chi connectivity index (χ4n) is 1.93. The molecule has 0 aliphatic carbocycles. The second-order valence-corrected chi connectivity index (χ2v) is 5.70. The first-order valence-corrected chi connectivity index (χ1v) is 6.48. The van der Waals surface area contributed by atoms with Crippen molar-refractivity contribution < 1.29 is 13.2 Å². The molecule has 0 bridgehead atoms. The van der Waals surface area contributed by atoms with Gasteiger partial charge in [-0.15, -0.1) is 11.8 Å². The van der Waals surface area contributed by atoms with Crippen molar-refractivity contribution in [2.24, 2.45) is 0 Å². The maximum absolute atomic E-state index is 12.9. The summed E-state index contributed by atoms with van der Waals surface area (Å²) < 4.78 is 38.6. The van der Waals surface area contributed by atoms with Gasteiger partial charge in [0.05, 0.1) is 10.9 Å². The zero-order valence-corrected chi connectivity index (χ0v) is 10.2. The Hall–Kier alpha value is -0.680. The lowest BCUT2D eigenvalue weighted by atomic mass is 10.1. The summed E-state index contributed by atoms with van der Waals surface area (Å²) in [6.07, 6.45) is -3.28. The Morgan fingerprint density at radius 2 is 2.00 bits per heavy atom. The molecule has 0 saturated carbocycles. The molecule has 94 valence electrons. The summed E-state index contributed by atoms with van der Waals surface area (Å²) in [5.74, 6) is 0. The van der Waals surface area contributed by atoms with Crippen molar-refractivity contribution in [3.8, 4) is 0 Å². The molecule has 1 N–H and O–H groups in total. The SMILES string of the molecule is CC1CCNC(c2ccccc2C(F)(F)F)S1. The van der Waals surface area contributed by atoms with E-state index in [1.54, 1.807) is 23.9 Å². The molecule has 0 amide bonds. The summed E-state index contributed by atoms with van der Waals surface area (Å²) in [6, 6.07) is 5.80. The van der Waals surface area contributed by atoms with Gasteiger partial charge < -0.3 is 5.32 Å². The number of hydrogen-bond donors (Lipinski definition) is 1.